The van der Waals surface area contributed by atoms with Crippen LogP contribution >= 0.6 is 22.9 Å². The van der Waals surface area contributed by atoms with Gasteiger partial charge in [-0.2, -0.15) is 9.78 Å². The summed E-state index contributed by atoms with van der Waals surface area (Å²) in [6.45, 7) is 3.91. The van der Waals surface area contributed by atoms with E-state index in [1.54, 1.807) is 18.2 Å². The van der Waals surface area contributed by atoms with Crippen molar-refractivity contribution >= 4 is 39.4 Å². The Bertz CT molecular complexity index is 1190. The molecule has 0 radical (unpaired) electrons. The number of halogens is 1. The van der Waals surface area contributed by atoms with Gasteiger partial charge in [0.15, 0.2) is 0 Å². The summed E-state index contributed by atoms with van der Waals surface area (Å²) in [5.74, 6) is 1.24. The maximum absolute atomic E-state index is 12.6. The van der Waals surface area contributed by atoms with Crippen molar-refractivity contribution in [3.8, 4) is 11.3 Å². The Kier molecular flexibility index (Phi) is 4.22. The first-order chi connectivity index (χ1) is 12.5. The van der Waals surface area contributed by atoms with E-state index >= 15 is 0 Å². The molecular weight excluding hydrogens is 370 g/mol. The quantitative estimate of drug-likeness (QED) is 0.474. The van der Waals surface area contributed by atoms with Crippen molar-refractivity contribution in [3.05, 3.63) is 74.3 Å². The summed E-state index contributed by atoms with van der Waals surface area (Å²) in [6, 6.07) is 11.0. The van der Waals surface area contributed by atoms with E-state index in [0.29, 0.717) is 21.9 Å². The van der Waals surface area contributed by atoms with Crippen LogP contribution in [0.4, 0.5) is 0 Å². The Hall–Kier alpha value is -2.70. The van der Waals surface area contributed by atoms with Crippen LogP contribution in [-0.2, 0) is 0 Å². The molecule has 26 heavy (non-hydrogen) atoms. The summed E-state index contributed by atoms with van der Waals surface area (Å²) in [6.07, 6.45) is 2.93. The molecule has 3 aromatic heterocycles. The zero-order chi connectivity index (χ0) is 18.3. The number of rotatable bonds is 3. The van der Waals surface area contributed by atoms with Crippen LogP contribution in [0, 0.1) is 13.8 Å². The molecule has 0 bridgehead atoms. The molecule has 4 rings (SSSR count). The van der Waals surface area contributed by atoms with E-state index in [9.17, 15) is 4.79 Å². The molecule has 0 saturated heterocycles. The summed E-state index contributed by atoms with van der Waals surface area (Å²) in [7, 11) is 0. The Balaban J connectivity index is 1.66. The second kappa shape index (κ2) is 6.55. The van der Waals surface area contributed by atoms with Gasteiger partial charge in [-0.1, -0.05) is 11.6 Å². The van der Waals surface area contributed by atoms with E-state index < -0.39 is 0 Å². The molecule has 0 unspecified atom stereocenters. The molecule has 0 atom stereocenters. The first-order valence-corrected chi connectivity index (χ1v) is 9.10. The molecule has 130 valence electrons. The first-order valence-electron chi connectivity index (χ1n) is 7.90. The number of aromatic nitrogens is 2. The molecule has 1 aromatic carbocycles. The molecule has 7 heteroatoms. The lowest BCUT2D eigenvalue weighted by molar-refractivity contribution is 0.574. The fourth-order valence-corrected chi connectivity index (χ4v) is 3.73. The highest BCUT2D eigenvalue weighted by Gasteiger charge is 2.11. The highest BCUT2D eigenvalue weighted by atomic mass is 35.5. The Labute approximate surface area is 158 Å². The van der Waals surface area contributed by atoms with Crippen LogP contribution in [-0.4, -0.2) is 15.9 Å². The van der Waals surface area contributed by atoms with Gasteiger partial charge < -0.3 is 4.42 Å². The van der Waals surface area contributed by atoms with Gasteiger partial charge in [0.2, 0.25) is 0 Å². The molecule has 0 aliphatic carbocycles. The maximum Gasteiger partial charge on any atom is 0.282 e. The standard InChI is InChI=1S/C19H14ClN3O2S/c1-11-12(2)26-18-17(11)19(24)23(10-21-18)22-9-15-7-8-16(25-15)13-3-5-14(20)6-4-13/h3-10H,1-2H3/b22-9+. The van der Waals surface area contributed by atoms with Gasteiger partial charge in [0.1, 0.15) is 22.7 Å². The molecule has 0 saturated carbocycles. The lowest BCUT2D eigenvalue weighted by Crippen LogP contribution is -2.16. The molecular formula is C19H14ClN3O2S. The van der Waals surface area contributed by atoms with Crippen LogP contribution in [0.1, 0.15) is 16.2 Å². The van der Waals surface area contributed by atoms with Crippen molar-refractivity contribution in [2.45, 2.75) is 13.8 Å². The lowest BCUT2D eigenvalue weighted by Gasteiger charge is -1.98. The highest BCUT2D eigenvalue weighted by Crippen LogP contribution is 2.25. The SMILES string of the molecule is Cc1sc2ncn(/N=C/c3ccc(-c4ccc(Cl)cc4)o3)c(=O)c2c1C. The predicted octanol–water partition coefficient (Wildman–Crippen LogP) is 4.87. The van der Waals surface area contributed by atoms with Crippen LogP contribution in [0.3, 0.4) is 0 Å². The molecule has 5 nitrogen and oxygen atoms in total. The van der Waals surface area contributed by atoms with Gasteiger partial charge in [-0.25, -0.2) is 4.98 Å². The van der Waals surface area contributed by atoms with Crippen molar-refractivity contribution in [1.82, 2.24) is 9.66 Å². The minimum absolute atomic E-state index is 0.183. The number of fused-ring (bicyclic) bond motifs is 1. The fraction of sp³-hybridized carbons (Fsp3) is 0.105. The van der Waals surface area contributed by atoms with Crippen molar-refractivity contribution in [3.63, 3.8) is 0 Å². The summed E-state index contributed by atoms with van der Waals surface area (Å²) < 4.78 is 6.99. The number of thiophene rings is 1. The third-order valence-corrected chi connectivity index (χ3v) is 5.51. The van der Waals surface area contributed by atoms with Crippen LogP contribution in [0.5, 0.6) is 0 Å². The minimum Gasteiger partial charge on any atom is -0.455 e. The summed E-state index contributed by atoms with van der Waals surface area (Å²) in [4.78, 5) is 18.8. The van der Waals surface area contributed by atoms with Gasteiger partial charge in [0, 0.05) is 15.5 Å². The van der Waals surface area contributed by atoms with Gasteiger partial charge in [-0.15, -0.1) is 11.3 Å². The Morgan fingerprint density at radius 3 is 2.73 bits per heavy atom. The van der Waals surface area contributed by atoms with Crippen LogP contribution < -0.4 is 5.56 Å². The number of nitrogens with zero attached hydrogens (tertiary/aromatic N) is 3. The average molecular weight is 384 g/mol. The van der Waals surface area contributed by atoms with E-state index in [1.165, 1.54) is 28.6 Å². The topological polar surface area (TPSA) is 60.4 Å². The van der Waals surface area contributed by atoms with Gasteiger partial charge >= 0.3 is 0 Å². The monoisotopic (exact) mass is 383 g/mol. The predicted molar refractivity (Wildman–Crippen MR) is 106 cm³/mol. The van der Waals surface area contributed by atoms with Gasteiger partial charge in [-0.3, -0.25) is 4.79 Å². The number of benzene rings is 1. The molecule has 0 aliphatic rings. The summed E-state index contributed by atoms with van der Waals surface area (Å²) in [5.41, 5.74) is 1.69. The van der Waals surface area contributed by atoms with E-state index in [0.717, 1.165) is 20.8 Å². The smallest absolute Gasteiger partial charge is 0.282 e. The zero-order valence-corrected chi connectivity index (χ0v) is 15.6. The first kappa shape index (κ1) is 16.8. The average Bonchev–Trinajstić information content (AvgIpc) is 3.21. The van der Waals surface area contributed by atoms with E-state index in [1.807, 2.05) is 32.0 Å². The Morgan fingerprint density at radius 2 is 1.96 bits per heavy atom. The van der Waals surface area contributed by atoms with Crippen LogP contribution in [0.25, 0.3) is 21.5 Å². The number of hydrogen-bond donors (Lipinski definition) is 0. The van der Waals surface area contributed by atoms with Gasteiger partial charge in [-0.05, 0) is 55.8 Å². The van der Waals surface area contributed by atoms with Gasteiger partial charge in [0.05, 0.1) is 11.6 Å². The van der Waals surface area contributed by atoms with Crippen molar-refractivity contribution in [1.29, 1.82) is 0 Å². The zero-order valence-electron chi connectivity index (χ0n) is 14.1. The lowest BCUT2D eigenvalue weighted by atomic mass is 10.2. The van der Waals surface area contributed by atoms with Crippen molar-refractivity contribution in [2.24, 2.45) is 5.10 Å². The normalized spacial score (nSPS) is 11.7. The number of furan rings is 1. The summed E-state index contributed by atoms with van der Waals surface area (Å²) >= 11 is 7.42. The van der Waals surface area contributed by atoms with Crippen molar-refractivity contribution in [2.75, 3.05) is 0 Å². The molecule has 3 heterocycles. The number of hydrogen-bond acceptors (Lipinski definition) is 5. The van der Waals surface area contributed by atoms with Crippen LogP contribution in [0.2, 0.25) is 5.02 Å². The molecule has 0 spiro atoms. The molecule has 0 fully saturated rings. The van der Waals surface area contributed by atoms with Crippen LogP contribution in [0.15, 0.2) is 57.0 Å². The summed E-state index contributed by atoms with van der Waals surface area (Å²) in [5, 5.41) is 5.49. The maximum atomic E-state index is 12.6. The third kappa shape index (κ3) is 2.98. The molecule has 0 N–H and O–H groups in total. The van der Waals surface area contributed by atoms with E-state index in [-0.39, 0.29) is 5.56 Å². The largest absolute Gasteiger partial charge is 0.455 e. The third-order valence-electron chi connectivity index (χ3n) is 4.14. The fourth-order valence-electron chi connectivity index (χ4n) is 2.62. The van der Waals surface area contributed by atoms with Crippen molar-refractivity contribution < 1.29 is 4.42 Å². The molecule has 0 amide bonds. The second-order valence-electron chi connectivity index (χ2n) is 5.81. The van der Waals surface area contributed by atoms with Gasteiger partial charge in [0.25, 0.3) is 5.56 Å². The van der Waals surface area contributed by atoms with E-state index in [4.69, 9.17) is 16.0 Å². The Morgan fingerprint density at radius 1 is 1.19 bits per heavy atom. The highest BCUT2D eigenvalue weighted by molar-refractivity contribution is 7.18. The second-order valence-corrected chi connectivity index (χ2v) is 7.45. The number of aryl methyl sites for hydroxylation is 2. The minimum atomic E-state index is -0.183. The molecule has 4 aromatic rings. The van der Waals surface area contributed by atoms with E-state index in [2.05, 4.69) is 10.1 Å². The molecule has 0 aliphatic heterocycles.